The van der Waals surface area contributed by atoms with Gasteiger partial charge in [0.15, 0.2) is 0 Å². The first-order chi connectivity index (χ1) is 9.72. The van der Waals surface area contributed by atoms with E-state index >= 15 is 0 Å². The highest BCUT2D eigenvalue weighted by molar-refractivity contribution is 7.99. The molecule has 1 aromatic heterocycles. The van der Waals surface area contributed by atoms with Gasteiger partial charge in [-0.25, -0.2) is 14.8 Å². The van der Waals surface area contributed by atoms with Crippen molar-refractivity contribution in [2.75, 3.05) is 12.9 Å². The molecule has 7 heteroatoms. The van der Waals surface area contributed by atoms with Crippen molar-refractivity contribution in [2.45, 2.75) is 39.1 Å². The highest BCUT2D eigenvalue weighted by Crippen LogP contribution is 2.30. The molecule has 0 atom stereocenters. The molecule has 0 spiro atoms. The molecule has 1 rings (SSSR count). The number of nitrogens with zero attached hydrogens (tertiary/aromatic N) is 2. The third-order valence-electron chi connectivity index (χ3n) is 2.94. The van der Waals surface area contributed by atoms with Crippen LogP contribution in [-0.2, 0) is 16.0 Å². The second kappa shape index (κ2) is 6.89. The third kappa shape index (κ3) is 4.17. The molecule has 0 aliphatic heterocycles. The highest BCUT2D eigenvalue weighted by atomic mass is 32.2. The number of carbonyl (C=O) groups is 2. The number of carboxylic acids is 1. The fourth-order valence-corrected chi connectivity index (χ4v) is 2.86. The van der Waals surface area contributed by atoms with Crippen LogP contribution in [0.15, 0.2) is 5.03 Å². The van der Waals surface area contributed by atoms with E-state index in [2.05, 4.69) is 9.97 Å². The van der Waals surface area contributed by atoms with E-state index < -0.39 is 11.4 Å². The normalized spacial score (nSPS) is 11.3. The molecule has 0 bridgehead atoms. The molecule has 0 fully saturated rings. The highest BCUT2D eigenvalue weighted by Gasteiger charge is 2.30. The van der Waals surface area contributed by atoms with Gasteiger partial charge >= 0.3 is 11.9 Å². The van der Waals surface area contributed by atoms with Gasteiger partial charge in [-0.3, -0.25) is 4.79 Å². The van der Waals surface area contributed by atoms with E-state index in [1.807, 2.05) is 6.92 Å². The quantitative estimate of drug-likeness (QED) is 0.490. The summed E-state index contributed by atoms with van der Waals surface area (Å²) in [5.74, 6) is -0.433. The first kappa shape index (κ1) is 17.4. The second-order valence-electron chi connectivity index (χ2n) is 5.23. The van der Waals surface area contributed by atoms with Crippen LogP contribution in [-0.4, -0.2) is 39.9 Å². The molecular weight excluding hydrogens is 292 g/mol. The van der Waals surface area contributed by atoms with Gasteiger partial charge in [0.05, 0.1) is 18.2 Å². The molecule has 6 nitrogen and oxygen atoms in total. The van der Waals surface area contributed by atoms with E-state index in [0.717, 1.165) is 0 Å². The minimum Gasteiger partial charge on any atom is -0.478 e. The molecule has 1 aromatic rings. The Balaban J connectivity index is 3.09. The number of carboxylic acid groups (broad SMARTS) is 1. The van der Waals surface area contributed by atoms with E-state index in [4.69, 9.17) is 4.74 Å². The summed E-state index contributed by atoms with van der Waals surface area (Å²) in [5.41, 5.74) is -0.189. The summed E-state index contributed by atoms with van der Waals surface area (Å²) < 4.78 is 4.75. The minimum atomic E-state index is -1.06. The molecule has 0 aromatic carbocycles. The Hall–Kier alpha value is -1.63. The Morgan fingerprint density at radius 1 is 1.33 bits per heavy atom. The summed E-state index contributed by atoms with van der Waals surface area (Å²) in [4.78, 5) is 31.5. The van der Waals surface area contributed by atoms with E-state index in [1.54, 1.807) is 20.8 Å². The van der Waals surface area contributed by atoms with Crippen LogP contribution in [0.4, 0.5) is 0 Å². The molecule has 0 saturated heterocycles. The van der Waals surface area contributed by atoms with Crippen molar-refractivity contribution in [3.05, 3.63) is 17.1 Å². The Morgan fingerprint density at radius 3 is 2.43 bits per heavy atom. The molecule has 0 amide bonds. The van der Waals surface area contributed by atoms with Crippen molar-refractivity contribution in [1.82, 2.24) is 9.97 Å². The van der Waals surface area contributed by atoms with Crippen LogP contribution in [0.25, 0.3) is 0 Å². The van der Waals surface area contributed by atoms with Gasteiger partial charge in [0.1, 0.15) is 16.4 Å². The average molecular weight is 312 g/mol. The Kier molecular flexibility index (Phi) is 5.71. The Labute approximate surface area is 128 Å². The van der Waals surface area contributed by atoms with Crippen molar-refractivity contribution >= 4 is 23.7 Å². The third-order valence-corrected chi connectivity index (χ3v) is 4.38. The molecule has 116 valence electrons. The van der Waals surface area contributed by atoms with Crippen LogP contribution in [0, 0.1) is 12.3 Å². The van der Waals surface area contributed by atoms with Crippen LogP contribution in [0.3, 0.4) is 0 Å². The largest absolute Gasteiger partial charge is 0.478 e. The fraction of sp³-hybridized carbons (Fsp3) is 0.571. The number of esters is 1. The number of hydrogen-bond acceptors (Lipinski definition) is 6. The lowest BCUT2D eigenvalue weighted by molar-refractivity contribution is -0.149. The first-order valence-corrected chi connectivity index (χ1v) is 7.53. The molecule has 0 aliphatic rings. The zero-order chi connectivity index (χ0) is 16.2. The Bertz CT molecular complexity index is 558. The van der Waals surface area contributed by atoms with Crippen LogP contribution < -0.4 is 0 Å². The number of aromatic nitrogens is 2. The monoisotopic (exact) mass is 312 g/mol. The number of methoxy groups -OCH3 is 1. The van der Waals surface area contributed by atoms with Crippen molar-refractivity contribution < 1.29 is 19.4 Å². The maximum absolute atomic E-state index is 11.7. The maximum Gasteiger partial charge on any atom is 0.340 e. The SMILES string of the molecule is CCc1nc(C)c(C(=O)O)c(SCC(C)(C)C(=O)OC)n1. The standard InChI is InChI=1S/C14H20N2O4S/c1-6-9-15-8(2)10(12(17)18)11(16-9)21-7-14(3,4)13(19)20-5/h6-7H2,1-5H3,(H,17,18). The van der Waals surface area contributed by atoms with Gasteiger partial charge in [-0.1, -0.05) is 6.92 Å². The topological polar surface area (TPSA) is 89.4 Å². The molecule has 0 unspecified atom stereocenters. The zero-order valence-electron chi connectivity index (χ0n) is 12.9. The second-order valence-corrected chi connectivity index (χ2v) is 6.19. The van der Waals surface area contributed by atoms with Crippen LogP contribution in [0.5, 0.6) is 0 Å². The van der Waals surface area contributed by atoms with Gasteiger partial charge in [-0.05, 0) is 20.8 Å². The van der Waals surface area contributed by atoms with Gasteiger partial charge in [0.25, 0.3) is 0 Å². The molecule has 21 heavy (non-hydrogen) atoms. The smallest absolute Gasteiger partial charge is 0.340 e. The Morgan fingerprint density at radius 2 is 1.95 bits per heavy atom. The van der Waals surface area contributed by atoms with Gasteiger partial charge in [0.2, 0.25) is 0 Å². The summed E-state index contributed by atoms with van der Waals surface area (Å²) in [6.45, 7) is 7.06. The molecule has 0 aliphatic carbocycles. The van der Waals surface area contributed by atoms with Gasteiger partial charge in [-0.2, -0.15) is 0 Å². The van der Waals surface area contributed by atoms with Crippen LogP contribution >= 0.6 is 11.8 Å². The molecule has 0 radical (unpaired) electrons. The summed E-state index contributed by atoms with van der Waals surface area (Å²) in [6, 6.07) is 0. The summed E-state index contributed by atoms with van der Waals surface area (Å²) in [5, 5.41) is 9.70. The lowest BCUT2D eigenvalue weighted by Crippen LogP contribution is -2.28. The van der Waals surface area contributed by atoms with Gasteiger partial charge in [-0.15, -0.1) is 11.8 Å². The summed E-state index contributed by atoms with van der Waals surface area (Å²) in [7, 11) is 1.33. The zero-order valence-corrected chi connectivity index (χ0v) is 13.7. The number of hydrogen-bond donors (Lipinski definition) is 1. The predicted molar refractivity (Wildman–Crippen MR) is 79.6 cm³/mol. The van der Waals surface area contributed by atoms with Crippen LogP contribution in [0.2, 0.25) is 0 Å². The fourth-order valence-electron chi connectivity index (χ4n) is 1.70. The molecule has 0 saturated carbocycles. The van der Waals surface area contributed by atoms with Crippen molar-refractivity contribution in [1.29, 1.82) is 0 Å². The van der Waals surface area contributed by atoms with E-state index in [-0.39, 0.29) is 11.5 Å². The van der Waals surface area contributed by atoms with E-state index in [9.17, 15) is 14.7 Å². The summed E-state index contributed by atoms with van der Waals surface area (Å²) in [6.07, 6.45) is 0.620. The lowest BCUT2D eigenvalue weighted by atomic mass is 9.97. The van der Waals surface area contributed by atoms with Crippen molar-refractivity contribution in [3.8, 4) is 0 Å². The maximum atomic E-state index is 11.7. The summed E-state index contributed by atoms with van der Waals surface area (Å²) >= 11 is 1.24. The minimum absolute atomic E-state index is 0.0952. The van der Waals surface area contributed by atoms with Gasteiger partial charge in [0, 0.05) is 12.2 Å². The van der Waals surface area contributed by atoms with Crippen molar-refractivity contribution in [2.24, 2.45) is 5.41 Å². The number of aryl methyl sites for hydroxylation is 2. The average Bonchev–Trinajstić information content (AvgIpc) is 2.42. The molecular formula is C14H20N2O4S. The molecule has 1 N–H and O–H groups in total. The predicted octanol–water partition coefficient (Wildman–Crippen LogP) is 2.34. The molecule has 1 heterocycles. The van der Waals surface area contributed by atoms with Gasteiger partial charge < -0.3 is 9.84 Å². The van der Waals surface area contributed by atoms with Crippen LogP contribution in [0.1, 0.15) is 42.6 Å². The lowest BCUT2D eigenvalue weighted by Gasteiger charge is -2.21. The van der Waals surface area contributed by atoms with E-state index in [0.29, 0.717) is 28.7 Å². The number of carbonyl (C=O) groups excluding carboxylic acids is 1. The van der Waals surface area contributed by atoms with Crippen molar-refractivity contribution in [3.63, 3.8) is 0 Å². The number of thioether (sulfide) groups is 1. The first-order valence-electron chi connectivity index (χ1n) is 6.55. The number of aromatic carboxylic acids is 1. The number of ether oxygens (including phenoxy) is 1. The number of rotatable bonds is 6. The van der Waals surface area contributed by atoms with E-state index in [1.165, 1.54) is 18.9 Å².